The summed E-state index contributed by atoms with van der Waals surface area (Å²) in [7, 11) is 1.33. The van der Waals surface area contributed by atoms with E-state index in [0.29, 0.717) is 18.3 Å². The van der Waals surface area contributed by atoms with E-state index in [1.165, 1.54) is 7.11 Å². The molecule has 0 saturated heterocycles. The van der Waals surface area contributed by atoms with Crippen LogP contribution in [-0.2, 0) is 14.3 Å². The zero-order valence-corrected chi connectivity index (χ0v) is 11.4. The molecular formula is C13H24N2O3. The number of rotatable bonds is 7. The van der Waals surface area contributed by atoms with Crippen LogP contribution in [0, 0.1) is 11.8 Å². The number of methoxy groups -OCH3 is 1. The van der Waals surface area contributed by atoms with Gasteiger partial charge in [-0.2, -0.15) is 0 Å². The van der Waals surface area contributed by atoms with E-state index in [9.17, 15) is 9.59 Å². The summed E-state index contributed by atoms with van der Waals surface area (Å²) in [6.45, 7) is 4.00. The van der Waals surface area contributed by atoms with Crippen LogP contribution in [0.5, 0.6) is 0 Å². The largest absolute Gasteiger partial charge is 0.467 e. The normalized spacial score (nSPS) is 18.3. The van der Waals surface area contributed by atoms with Gasteiger partial charge >= 0.3 is 5.97 Å². The van der Waals surface area contributed by atoms with E-state index in [-0.39, 0.29) is 18.4 Å². The molecule has 0 bridgehead atoms. The lowest BCUT2D eigenvalue weighted by molar-refractivity contribution is -0.145. The van der Waals surface area contributed by atoms with Crippen LogP contribution >= 0.6 is 0 Å². The van der Waals surface area contributed by atoms with Crippen molar-refractivity contribution < 1.29 is 14.3 Å². The second-order valence-electron chi connectivity index (χ2n) is 5.48. The average molecular weight is 256 g/mol. The molecule has 1 saturated carbocycles. The summed E-state index contributed by atoms with van der Waals surface area (Å²) in [5.41, 5.74) is 5.89. The van der Waals surface area contributed by atoms with Gasteiger partial charge in [-0.05, 0) is 31.1 Å². The van der Waals surface area contributed by atoms with Crippen molar-refractivity contribution in [1.29, 1.82) is 0 Å². The Balaban J connectivity index is 2.42. The van der Waals surface area contributed by atoms with Gasteiger partial charge in [0.05, 0.1) is 7.11 Å². The number of ether oxygens (including phenoxy) is 1. The van der Waals surface area contributed by atoms with Gasteiger partial charge in [0.1, 0.15) is 6.04 Å². The Morgan fingerprint density at radius 1 is 1.39 bits per heavy atom. The smallest absolute Gasteiger partial charge is 0.328 e. The predicted molar refractivity (Wildman–Crippen MR) is 68.7 cm³/mol. The number of nitrogens with one attached hydrogen (secondary N) is 1. The van der Waals surface area contributed by atoms with Gasteiger partial charge in [0.25, 0.3) is 0 Å². The molecule has 5 heteroatoms. The molecule has 1 aliphatic carbocycles. The molecule has 0 radical (unpaired) electrons. The fraction of sp³-hybridized carbons (Fsp3) is 0.846. The van der Waals surface area contributed by atoms with Crippen LogP contribution in [-0.4, -0.2) is 31.1 Å². The highest BCUT2D eigenvalue weighted by Gasteiger charge is 2.31. The molecule has 1 aliphatic rings. The zero-order valence-electron chi connectivity index (χ0n) is 11.4. The number of hydrogen-bond acceptors (Lipinski definition) is 4. The average Bonchev–Trinajstić information content (AvgIpc) is 3.09. The minimum Gasteiger partial charge on any atom is -0.467 e. The summed E-state index contributed by atoms with van der Waals surface area (Å²) in [6, 6.07) is -0.642. The van der Waals surface area contributed by atoms with Crippen molar-refractivity contribution in [2.75, 3.05) is 7.11 Å². The third-order valence-corrected chi connectivity index (χ3v) is 3.18. The summed E-state index contributed by atoms with van der Waals surface area (Å²) in [4.78, 5) is 23.3. The molecule has 1 amide bonds. The van der Waals surface area contributed by atoms with E-state index in [1.807, 2.05) is 13.8 Å². The Labute approximate surface area is 108 Å². The maximum Gasteiger partial charge on any atom is 0.328 e. The van der Waals surface area contributed by atoms with Gasteiger partial charge < -0.3 is 15.8 Å². The van der Waals surface area contributed by atoms with Crippen LogP contribution in [0.25, 0.3) is 0 Å². The van der Waals surface area contributed by atoms with Crippen LogP contribution in [0.3, 0.4) is 0 Å². The van der Waals surface area contributed by atoms with Crippen LogP contribution in [0.1, 0.15) is 39.5 Å². The van der Waals surface area contributed by atoms with E-state index in [4.69, 9.17) is 10.5 Å². The SMILES string of the molecule is COC(=O)[C@H](CC(C)C)NC(=O)CC(N)C1CC1. The Morgan fingerprint density at radius 2 is 2.00 bits per heavy atom. The lowest BCUT2D eigenvalue weighted by Gasteiger charge is -2.19. The van der Waals surface area contributed by atoms with Crippen LogP contribution in [0.2, 0.25) is 0 Å². The molecule has 0 spiro atoms. The highest BCUT2D eigenvalue weighted by atomic mass is 16.5. The van der Waals surface area contributed by atoms with Gasteiger partial charge in [-0.15, -0.1) is 0 Å². The fourth-order valence-corrected chi connectivity index (χ4v) is 1.99. The van der Waals surface area contributed by atoms with Crippen molar-refractivity contribution in [2.45, 2.75) is 51.6 Å². The number of carbonyl (C=O) groups excluding carboxylic acids is 2. The van der Waals surface area contributed by atoms with E-state index >= 15 is 0 Å². The first kappa shape index (κ1) is 15.0. The summed E-state index contributed by atoms with van der Waals surface area (Å²) >= 11 is 0. The van der Waals surface area contributed by atoms with Crippen molar-refractivity contribution in [3.8, 4) is 0 Å². The van der Waals surface area contributed by atoms with Crippen LogP contribution in [0.15, 0.2) is 0 Å². The number of esters is 1. The Kier molecular flexibility index (Phi) is 5.59. The number of nitrogens with two attached hydrogens (primary N) is 1. The van der Waals surface area contributed by atoms with Gasteiger partial charge in [-0.25, -0.2) is 4.79 Å². The maximum absolute atomic E-state index is 11.8. The summed E-state index contributed by atoms with van der Waals surface area (Å²) in [5.74, 6) is 0.242. The summed E-state index contributed by atoms with van der Waals surface area (Å²) in [5, 5.41) is 2.72. The topological polar surface area (TPSA) is 81.4 Å². The van der Waals surface area contributed by atoms with Crippen molar-refractivity contribution >= 4 is 11.9 Å². The molecule has 3 N–H and O–H groups in total. The number of carbonyl (C=O) groups is 2. The fourth-order valence-electron chi connectivity index (χ4n) is 1.99. The highest BCUT2D eigenvalue weighted by Crippen LogP contribution is 2.32. The molecule has 0 aromatic rings. The van der Waals surface area contributed by atoms with Gasteiger partial charge in [-0.3, -0.25) is 4.79 Å². The second-order valence-corrected chi connectivity index (χ2v) is 5.48. The quantitative estimate of drug-likeness (QED) is 0.661. The molecule has 1 rings (SSSR count). The third-order valence-electron chi connectivity index (χ3n) is 3.18. The van der Waals surface area contributed by atoms with E-state index in [1.54, 1.807) is 0 Å². The molecule has 0 heterocycles. The Morgan fingerprint density at radius 3 is 2.44 bits per heavy atom. The first-order chi connectivity index (χ1) is 8.43. The molecule has 18 heavy (non-hydrogen) atoms. The highest BCUT2D eigenvalue weighted by molar-refractivity contribution is 5.84. The van der Waals surface area contributed by atoms with Crippen LogP contribution < -0.4 is 11.1 Å². The maximum atomic E-state index is 11.8. The molecular weight excluding hydrogens is 232 g/mol. The lowest BCUT2D eigenvalue weighted by Crippen LogP contribution is -2.44. The van der Waals surface area contributed by atoms with E-state index in [0.717, 1.165) is 12.8 Å². The molecule has 2 atom stereocenters. The van der Waals surface area contributed by atoms with Crippen molar-refractivity contribution in [3.05, 3.63) is 0 Å². The zero-order chi connectivity index (χ0) is 13.7. The first-order valence-electron chi connectivity index (χ1n) is 6.56. The van der Waals surface area contributed by atoms with Gasteiger partial charge in [0.2, 0.25) is 5.91 Å². The first-order valence-corrected chi connectivity index (χ1v) is 6.56. The van der Waals surface area contributed by atoms with Crippen LogP contribution in [0.4, 0.5) is 0 Å². The molecule has 1 fully saturated rings. The Hall–Kier alpha value is -1.10. The minimum absolute atomic E-state index is 0.0812. The second kappa shape index (κ2) is 6.73. The predicted octanol–water partition coefficient (Wildman–Crippen LogP) is 0.818. The monoisotopic (exact) mass is 256 g/mol. The Bertz CT molecular complexity index is 301. The molecule has 104 valence electrons. The molecule has 1 unspecified atom stereocenters. The molecule has 0 aliphatic heterocycles. The van der Waals surface area contributed by atoms with Crippen molar-refractivity contribution in [3.63, 3.8) is 0 Å². The van der Waals surface area contributed by atoms with Crippen molar-refractivity contribution in [1.82, 2.24) is 5.32 Å². The van der Waals surface area contributed by atoms with Gasteiger partial charge in [0, 0.05) is 12.5 Å². The van der Waals surface area contributed by atoms with E-state index in [2.05, 4.69) is 5.32 Å². The van der Waals surface area contributed by atoms with Gasteiger partial charge in [0.15, 0.2) is 0 Å². The lowest BCUT2D eigenvalue weighted by atomic mass is 10.0. The minimum atomic E-state index is -0.561. The van der Waals surface area contributed by atoms with Crippen molar-refractivity contribution in [2.24, 2.45) is 17.6 Å². The number of amides is 1. The number of hydrogen-bond donors (Lipinski definition) is 2. The molecule has 0 aromatic carbocycles. The summed E-state index contributed by atoms with van der Waals surface area (Å²) in [6.07, 6.45) is 3.09. The summed E-state index contributed by atoms with van der Waals surface area (Å²) < 4.78 is 4.69. The molecule has 0 aromatic heterocycles. The third kappa shape index (κ3) is 5.04. The van der Waals surface area contributed by atoms with Gasteiger partial charge in [-0.1, -0.05) is 13.8 Å². The standard InChI is InChI=1S/C13H24N2O3/c1-8(2)6-11(13(17)18-3)15-12(16)7-10(14)9-4-5-9/h8-11H,4-7,14H2,1-3H3,(H,15,16)/t10?,11-/m0/s1. The molecule has 5 nitrogen and oxygen atoms in total. The van der Waals surface area contributed by atoms with E-state index < -0.39 is 12.0 Å².